The summed E-state index contributed by atoms with van der Waals surface area (Å²) >= 11 is 1.62. The first kappa shape index (κ1) is 17.0. The predicted octanol–water partition coefficient (Wildman–Crippen LogP) is 0.0972. The van der Waals surface area contributed by atoms with E-state index in [0.29, 0.717) is 19.7 Å². The van der Waals surface area contributed by atoms with E-state index in [1.165, 1.54) is 4.88 Å². The number of aliphatic hydroxyl groups excluding tert-OH is 1. The quantitative estimate of drug-likeness (QED) is 0.534. The minimum Gasteiger partial charge on any atom is -0.389 e. The van der Waals surface area contributed by atoms with E-state index >= 15 is 0 Å². The lowest BCUT2D eigenvalue weighted by atomic mass is 10.3. The third kappa shape index (κ3) is 6.95. The van der Waals surface area contributed by atoms with Gasteiger partial charge in [-0.2, -0.15) is 0 Å². The molecule has 0 fully saturated rings. The normalized spacial score (nSPS) is 12.3. The van der Waals surface area contributed by atoms with Gasteiger partial charge in [0.25, 0.3) is 0 Å². The van der Waals surface area contributed by atoms with Gasteiger partial charge in [-0.15, -0.1) is 11.3 Å². The zero-order chi connectivity index (χ0) is 14.8. The van der Waals surface area contributed by atoms with Crippen molar-refractivity contribution in [2.45, 2.75) is 26.4 Å². The van der Waals surface area contributed by atoms with E-state index in [2.05, 4.69) is 15.6 Å². The highest BCUT2D eigenvalue weighted by Gasteiger charge is 2.06. The number of ether oxygens (including phenoxy) is 1. The Balaban J connectivity index is 2.01. The van der Waals surface area contributed by atoms with Crippen molar-refractivity contribution in [1.82, 2.24) is 15.6 Å². The second-order valence-corrected chi connectivity index (χ2v) is 5.36. The molecule has 0 saturated carbocycles. The van der Waals surface area contributed by atoms with Crippen LogP contribution in [0, 0.1) is 6.92 Å². The van der Waals surface area contributed by atoms with Gasteiger partial charge in [0, 0.05) is 24.4 Å². The fourth-order valence-corrected chi connectivity index (χ4v) is 2.38. The van der Waals surface area contributed by atoms with Gasteiger partial charge in [-0.3, -0.25) is 4.79 Å². The van der Waals surface area contributed by atoms with Gasteiger partial charge in [0.1, 0.15) is 0 Å². The predicted molar refractivity (Wildman–Crippen MR) is 78.9 cm³/mol. The zero-order valence-electron chi connectivity index (χ0n) is 12.0. The second-order valence-electron chi connectivity index (χ2n) is 4.42. The van der Waals surface area contributed by atoms with Gasteiger partial charge in [-0.25, -0.2) is 4.98 Å². The first-order valence-corrected chi connectivity index (χ1v) is 7.63. The van der Waals surface area contributed by atoms with Crippen molar-refractivity contribution in [3.05, 3.63) is 16.1 Å². The Morgan fingerprint density at radius 3 is 3.05 bits per heavy atom. The lowest BCUT2D eigenvalue weighted by Gasteiger charge is -2.12. The van der Waals surface area contributed by atoms with Gasteiger partial charge in [0.2, 0.25) is 5.91 Å². The number of carbonyl (C=O) groups excluding carboxylic acids is 1. The molecule has 1 rings (SSSR count). The lowest BCUT2D eigenvalue weighted by Crippen LogP contribution is -2.38. The molecule has 0 aromatic carbocycles. The molecule has 1 unspecified atom stereocenters. The topological polar surface area (TPSA) is 83.5 Å². The molecule has 6 nitrogen and oxygen atoms in total. The number of thiazole rings is 1. The van der Waals surface area contributed by atoms with Gasteiger partial charge in [-0.1, -0.05) is 0 Å². The van der Waals surface area contributed by atoms with E-state index in [1.807, 2.05) is 19.4 Å². The van der Waals surface area contributed by atoms with E-state index in [9.17, 15) is 9.90 Å². The minimum atomic E-state index is -0.605. The van der Waals surface area contributed by atoms with E-state index in [0.717, 1.165) is 12.1 Å². The molecule has 1 aromatic heterocycles. The number of amides is 1. The molecule has 0 aliphatic rings. The van der Waals surface area contributed by atoms with Crippen molar-refractivity contribution in [2.75, 3.05) is 32.8 Å². The van der Waals surface area contributed by atoms with Crippen LogP contribution < -0.4 is 10.6 Å². The monoisotopic (exact) mass is 301 g/mol. The Hall–Kier alpha value is -1.02. The van der Waals surface area contributed by atoms with Crippen molar-refractivity contribution in [2.24, 2.45) is 0 Å². The summed E-state index contributed by atoms with van der Waals surface area (Å²) in [6, 6.07) is 0. The Morgan fingerprint density at radius 1 is 1.60 bits per heavy atom. The summed E-state index contributed by atoms with van der Waals surface area (Å²) in [7, 11) is 0. The number of hydrogen-bond acceptors (Lipinski definition) is 6. The number of aliphatic hydroxyl groups is 1. The fraction of sp³-hybridized carbons (Fsp3) is 0.692. The molecule has 1 atom stereocenters. The van der Waals surface area contributed by atoms with Crippen molar-refractivity contribution >= 4 is 17.2 Å². The average molecular weight is 301 g/mol. The first-order valence-electron chi connectivity index (χ1n) is 6.75. The molecule has 0 bridgehead atoms. The SMILES string of the molecule is CCNC(=O)CNCC(O)COCCc1scnc1C. The highest BCUT2D eigenvalue weighted by atomic mass is 32.1. The molecule has 1 heterocycles. The third-order valence-corrected chi connectivity index (χ3v) is 3.66. The second kappa shape index (κ2) is 9.82. The van der Waals surface area contributed by atoms with Crippen LogP contribution in [0.25, 0.3) is 0 Å². The first-order chi connectivity index (χ1) is 9.63. The van der Waals surface area contributed by atoms with Crippen LogP contribution in [0.2, 0.25) is 0 Å². The molecule has 0 saturated heterocycles. The van der Waals surface area contributed by atoms with Crippen molar-refractivity contribution in [3.63, 3.8) is 0 Å². The molecular weight excluding hydrogens is 278 g/mol. The Bertz CT molecular complexity index is 398. The summed E-state index contributed by atoms with van der Waals surface area (Å²) in [5.41, 5.74) is 2.87. The molecule has 3 N–H and O–H groups in total. The summed E-state index contributed by atoms with van der Waals surface area (Å²) < 4.78 is 5.42. The van der Waals surface area contributed by atoms with Crippen molar-refractivity contribution < 1.29 is 14.6 Å². The largest absolute Gasteiger partial charge is 0.389 e. The van der Waals surface area contributed by atoms with Crippen LogP contribution in [0.1, 0.15) is 17.5 Å². The summed E-state index contributed by atoms with van der Waals surface area (Å²) in [6.45, 7) is 5.85. The summed E-state index contributed by atoms with van der Waals surface area (Å²) in [6.07, 6.45) is 0.210. The van der Waals surface area contributed by atoms with Gasteiger partial charge < -0.3 is 20.5 Å². The maximum Gasteiger partial charge on any atom is 0.233 e. The number of nitrogens with zero attached hydrogens (tertiary/aromatic N) is 1. The van der Waals surface area contributed by atoms with Crippen LogP contribution in [-0.2, 0) is 16.0 Å². The van der Waals surface area contributed by atoms with Gasteiger partial charge in [-0.05, 0) is 13.8 Å². The number of nitrogens with one attached hydrogen (secondary N) is 2. The highest BCUT2D eigenvalue weighted by Crippen LogP contribution is 2.12. The van der Waals surface area contributed by atoms with Crippen LogP contribution in [0.3, 0.4) is 0 Å². The Morgan fingerprint density at radius 2 is 2.40 bits per heavy atom. The Labute approximate surface area is 123 Å². The number of carbonyl (C=O) groups is 1. The molecule has 0 aliphatic carbocycles. The fourth-order valence-electron chi connectivity index (χ4n) is 1.62. The van der Waals surface area contributed by atoms with Gasteiger partial charge in [0.15, 0.2) is 0 Å². The average Bonchev–Trinajstić information content (AvgIpc) is 2.81. The van der Waals surface area contributed by atoms with E-state index < -0.39 is 6.10 Å². The van der Waals surface area contributed by atoms with Crippen LogP contribution in [0.4, 0.5) is 0 Å². The van der Waals surface area contributed by atoms with Crippen molar-refractivity contribution in [1.29, 1.82) is 0 Å². The molecule has 0 spiro atoms. The highest BCUT2D eigenvalue weighted by molar-refractivity contribution is 7.09. The maximum absolute atomic E-state index is 11.2. The van der Waals surface area contributed by atoms with Crippen molar-refractivity contribution in [3.8, 4) is 0 Å². The molecule has 7 heteroatoms. The van der Waals surface area contributed by atoms with E-state index in [-0.39, 0.29) is 19.1 Å². The van der Waals surface area contributed by atoms with Crippen LogP contribution in [-0.4, -0.2) is 54.9 Å². The summed E-state index contributed by atoms with van der Waals surface area (Å²) in [5.74, 6) is -0.0683. The molecule has 1 amide bonds. The summed E-state index contributed by atoms with van der Waals surface area (Å²) in [4.78, 5) is 16.5. The number of aryl methyl sites for hydroxylation is 1. The van der Waals surface area contributed by atoms with Gasteiger partial charge >= 0.3 is 0 Å². The number of likely N-dealkylation sites (N-methyl/N-ethyl adjacent to an activating group) is 1. The standard InChI is InChI=1S/C13H23N3O3S/c1-3-15-13(18)7-14-6-11(17)8-19-5-4-12-10(2)16-9-20-12/h9,11,14,17H,3-8H2,1-2H3,(H,15,18). The lowest BCUT2D eigenvalue weighted by molar-refractivity contribution is -0.120. The molecule has 0 aliphatic heterocycles. The van der Waals surface area contributed by atoms with Gasteiger partial charge in [0.05, 0.1) is 37.1 Å². The molecule has 114 valence electrons. The molecular formula is C13H23N3O3S. The summed E-state index contributed by atoms with van der Waals surface area (Å²) in [5, 5.41) is 15.2. The number of hydrogen-bond donors (Lipinski definition) is 3. The maximum atomic E-state index is 11.2. The van der Waals surface area contributed by atoms with Crippen LogP contribution in [0.5, 0.6) is 0 Å². The molecule has 0 radical (unpaired) electrons. The third-order valence-electron chi connectivity index (χ3n) is 2.67. The number of aromatic nitrogens is 1. The van der Waals surface area contributed by atoms with Crippen LogP contribution >= 0.6 is 11.3 Å². The zero-order valence-corrected chi connectivity index (χ0v) is 12.8. The smallest absolute Gasteiger partial charge is 0.233 e. The number of rotatable bonds is 10. The van der Waals surface area contributed by atoms with E-state index in [1.54, 1.807) is 11.3 Å². The Kier molecular flexibility index (Phi) is 8.36. The minimum absolute atomic E-state index is 0.0683. The van der Waals surface area contributed by atoms with Crippen LogP contribution in [0.15, 0.2) is 5.51 Å². The van der Waals surface area contributed by atoms with E-state index in [4.69, 9.17) is 4.74 Å². The molecule has 20 heavy (non-hydrogen) atoms. The molecule has 1 aromatic rings.